The molecule has 0 unspecified atom stereocenters. The molecule has 0 aromatic heterocycles. The van der Waals surface area contributed by atoms with Crippen LogP contribution < -0.4 is 10.6 Å². The third-order valence-corrected chi connectivity index (χ3v) is 4.79. The normalized spacial score (nSPS) is 15.7. The summed E-state index contributed by atoms with van der Waals surface area (Å²) in [7, 11) is 0. The summed E-state index contributed by atoms with van der Waals surface area (Å²) >= 11 is 0. The summed E-state index contributed by atoms with van der Waals surface area (Å²) in [4.78, 5) is 25.0. The quantitative estimate of drug-likeness (QED) is 0.822. The number of anilines is 1. The zero-order valence-corrected chi connectivity index (χ0v) is 14.9. The van der Waals surface area contributed by atoms with Crippen LogP contribution in [-0.4, -0.2) is 31.6 Å². The Balaban J connectivity index is 1.67. The molecule has 2 N–H and O–H groups in total. The zero-order chi connectivity index (χ0) is 20.1. The van der Waals surface area contributed by atoms with E-state index in [1.54, 1.807) is 12.1 Å². The van der Waals surface area contributed by atoms with Crippen LogP contribution in [0.25, 0.3) is 0 Å². The van der Waals surface area contributed by atoms with Crippen molar-refractivity contribution in [2.24, 2.45) is 0 Å². The molecule has 0 radical (unpaired) electrons. The minimum Gasteiger partial charge on any atom is -0.381 e. The largest absolute Gasteiger partial charge is 0.381 e. The maximum atomic E-state index is 13.3. The lowest BCUT2D eigenvalue weighted by Gasteiger charge is -2.36. The molecule has 8 heteroatoms. The van der Waals surface area contributed by atoms with Crippen LogP contribution in [0.4, 0.5) is 18.9 Å². The molecule has 0 bridgehead atoms. The highest BCUT2D eigenvalue weighted by Gasteiger charge is 2.41. The van der Waals surface area contributed by atoms with Gasteiger partial charge in [-0.3, -0.25) is 9.59 Å². The lowest BCUT2D eigenvalue weighted by Crippen LogP contribution is -2.49. The van der Waals surface area contributed by atoms with E-state index in [0.29, 0.717) is 31.6 Å². The van der Waals surface area contributed by atoms with Gasteiger partial charge in [0.2, 0.25) is 11.8 Å². The fourth-order valence-corrected chi connectivity index (χ4v) is 3.24. The summed E-state index contributed by atoms with van der Waals surface area (Å²) in [6, 6.07) is 8.66. The van der Waals surface area contributed by atoms with E-state index < -0.39 is 28.8 Å². The van der Waals surface area contributed by atoms with E-state index in [0.717, 1.165) is 12.1 Å². The van der Waals surface area contributed by atoms with Gasteiger partial charge in [-0.1, -0.05) is 12.1 Å². The van der Waals surface area contributed by atoms with Crippen molar-refractivity contribution in [1.29, 1.82) is 0 Å². The number of amides is 2. The van der Waals surface area contributed by atoms with Gasteiger partial charge >= 0.3 is 0 Å². The Hall–Kier alpha value is -2.87. The minimum atomic E-state index is -1.08. The standard InChI is InChI=1S/C20H19F3N2O3/c21-14-3-1-13(2-4-14)20(7-9-28-10-8-20)19(27)24-12-18(26)25-15-5-6-16(22)17(23)11-15/h1-6,11H,7-10,12H2,(H,24,27)(H,25,26). The molecule has 3 rings (SSSR count). The second-order valence-corrected chi connectivity index (χ2v) is 6.56. The van der Waals surface area contributed by atoms with E-state index in [9.17, 15) is 22.8 Å². The molecule has 1 aliphatic rings. The molecule has 148 valence electrons. The number of hydrogen-bond donors (Lipinski definition) is 2. The first-order chi connectivity index (χ1) is 13.4. The molecule has 1 saturated heterocycles. The summed E-state index contributed by atoms with van der Waals surface area (Å²) in [6.45, 7) is 0.388. The van der Waals surface area contributed by atoms with Crippen LogP contribution in [-0.2, 0) is 19.7 Å². The molecule has 0 atom stereocenters. The van der Waals surface area contributed by atoms with Crippen molar-refractivity contribution in [3.05, 3.63) is 65.5 Å². The molecular formula is C20H19F3N2O3. The molecule has 0 aliphatic carbocycles. The van der Waals surface area contributed by atoms with E-state index in [2.05, 4.69) is 10.6 Å². The van der Waals surface area contributed by atoms with Crippen molar-refractivity contribution in [2.45, 2.75) is 18.3 Å². The number of carbonyl (C=O) groups excluding carboxylic acids is 2. The number of nitrogens with one attached hydrogen (secondary N) is 2. The zero-order valence-electron chi connectivity index (χ0n) is 14.9. The highest BCUT2D eigenvalue weighted by Crippen LogP contribution is 2.35. The summed E-state index contributed by atoms with van der Waals surface area (Å²) in [5.74, 6) is -3.47. The summed E-state index contributed by atoms with van der Waals surface area (Å²) in [5.41, 5.74) is -0.193. The lowest BCUT2D eigenvalue weighted by molar-refractivity contribution is -0.132. The van der Waals surface area contributed by atoms with Gasteiger partial charge in [-0.25, -0.2) is 13.2 Å². The number of halogens is 3. The van der Waals surface area contributed by atoms with Gasteiger partial charge in [-0.2, -0.15) is 0 Å². The van der Waals surface area contributed by atoms with E-state index in [1.165, 1.54) is 18.2 Å². The first-order valence-electron chi connectivity index (χ1n) is 8.78. The highest BCUT2D eigenvalue weighted by atomic mass is 19.2. The van der Waals surface area contributed by atoms with Gasteiger partial charge < -0.3 is 15.4 Å². The topological polar surface area (TPSA) is 67.4 Å². The first kappa shape index (κ1) is 19.9. The van der Waals surface area contributed by atoms with Crippen molar-refractivity contribution >= 4 is 17.5 Å². The van der Waals surface area contributed by atoms with Crippen LogP contribution in [0.3, 0.4) is 0 Å². The molecule has 1 aliphatic heterocycles. The van der Waals surface area contributed by atoms with Crippen LogP contribution >= 0.6 is 0 Å². The summed E-state index contributed by atoms with van der Waals surface area (Å²) in [6.07, 6.45) is 0.796. The van der Waals surface area contributed by atoms with Crippen LogP contribution in [0.1, 0.15) is 18.4 Å². The van der Waals surface area contributed by atoms with Crippen molar-refractivity contribution in [1.82, 2.24) is 5.32 Å². The van der Waals surface area contributed by atoms with Crippen molar-refractivity contribution in [2.75, 3.05) is 25.1 Å². The Morgan fingerprint density at radius 2 is 1.64 bits per heavy atom. The van der Waals surface area contributed by atoms with Gasteiger partial charge in [-0.05, 0) is 42.7 Å². The molecule has 28 heavy (non-hydrogen) atoms. The van der Waals surface area contributed by atoms with Gasteiger partial charge in [0.1, 0.15) is 5.82 Å². The van der Waals surface area contributed by atoms with Crippen molar-refractivity contribution in [3.63, 3.8) is 0 Å². The second-order valence-electron chi connectivity index (χ2n) is 6.56. The second kappa shape index (κ2) is 8.43. The SMILES string of the molecule is O=C(CNC(=O)C1(c2ccc(F)cc2)CCOCC1)Nc1ccc(F)c(F)c1. The molecule has 0 saturated carbocycles. The van der Waals surface area contributed by atoms with Gasteiger partial charge in [0.25, 0.3) is 0 Å². The fraction of sp³-hybridized carbons (Fsp3) is 0.300. The maximum Gasteiger partial charge on any atom is 0.243 e. The van der Waals surface area contributed by atoms with Crippen molar-refractivity contribution < 1.29 is 27.5 Å². The molecule has 1 heterocycles. The number of ether oxygens (including phenoxy) is 1. The molecule has 2 amide bonds. The summed E-state index contributed by atoms with van der Waals surface area (Å²) in [5, 5.41) is 4.98. The fourth-order valence-electron chi connectivity index (χ4n) is 3.24. The Bertz CT molecular complexity index is 865. The molecule has 0 spiro atoms. The molecule has 2 aromatic carbocycles. The highest BCUT2D eigenvalue weighted by molar-refractivity contribution is 5.96. The maximum absolute atomic E-state index is 13.3. The predicted octanol–water partition coefficient (Wildman–Crippen LogP) is 2.91. The van der Waals surface area contributed by atoms with Crippen LogP contribution in [0.2, 0.25) is 0 Å². The van der Waals surface area contributed by atoms with Crippen LogP contribution in [0.15, 0.2) is 42.5 Å². The van der Waals surface area contributed by atoms with Gasteiger partial charge in [0.05, 0.1) is 12.0 Å². The van der Waals surface area contributed by atoms with Gasteiger partial charge in [-0.15, -0.1) is 0 Å². The molecule has 1 fully saturated rings. The third-order valence-electron chi connectivity index (χ3n) is 4.79. The number of benzene rings is 2. The Labute approximate surface area is 159 Å². The third kappa shape index (κ3) is 4.33. The number of carbonyl (C=O) groups is 2. The Kier molecular flexibility index (Phi) is 5.99. The average Bonchev–Trinajstić information content (AvgIpc) is 2.70. The van der Waals surface area contributed by atoms with Crippen LogP contribution in [0.5, 0.6) is 0 Å². The first-order valence-corrected chi connectivity index (χ1v) is 8.78. The van der Waals surface area contributed by atoms with E-state index >= 15 is 0 Å². The molecular weight excluding hydrogens is 373 g/mol. The van der Waals surface area contributed by atoms with Gasteiger partial charge in [0.15, 0.2) is 11.6 Å². The van der Waals surface area contributed by atoms with E-state index in [4.69, 9.17) is 4.74 Å². The van der Waals surface area contributed by atoms with Crippen molar-refractivity contribution in [3.8, 4) is 0 Å². The smallest absolute Gasteiger partial charge is 0.243 e. The number of rotatable bonds is 5. The average molecular weight is 392 g/mol. The van der Waals surface area contributed by atoms with Crippen LogP contribution in [0, 0.1) is 17.5 Å². The minimum absolute atomic E-state index is 0.0810. The van der Waals surface area contributed by atoms with E-state index in [-0.39, 0.29) is 18.1 Å². The summed E-state index contributed by atoms with van der Waals surface area (Å²) < 4.78 is 44.8. The molecule has 5 nitrogen and oxygen atoms in total. The monoisotopic (exact) mass is 392 g/mol. The number of hydrogen-bond acceptors (Lipinski definition) is 3. The van der Waals surface area contributed by atoms with E-state index in [1.807, 2.05) is 0 Å². The Morgan fingerprint density at radius 3 is 2.29 bits per heavy atom. The Morgan fingerprint density at radius 1 is 0.964 bits per heavy atom. The predicted molar refractivity (Wildman–Crippen MR) is 96.1 cm³/mol. The lowest BCUT2D eigenvalue weighted by atomic mass is 9.73. The van der Waals surface area contributed by atoms with Gasteiger partial charge in [0, 0.05) is 25.0 Å². The molecule has 2 aromatic rings.